The fourth-order valence-corrected chi connectivity index (χ4v) is 6.18. The molecule has 0 bridgehead atoms. The van der Waals surface area contributed by atoms with Gasteiger partial charge < -0.3 is 5.32 Å². The fourth-order valence-electron chi connectivity index (χ4n) is 4.86. The maximum atomic E-state index is 6.22. The van der Waals surface area contributed by atoms with Crippen molar-refractivity contribution < 1.29 is 0 Å². The second-order valence-electron chi connectivity index (χ2n) is 8.53. The molecule has 7 heteroatoms. The Balaban J connectivity index is 1.62. The van der Waals surface area contributed by atoms with Gasteiger partial charge in [-0.25, -0.2) is 9.67 Å². The van der Waals surface area contributed by atoms with Crippen molar-refractivity contribution in [2.75, 3.05) is 16.8 Å². The summed E-state index contributed by atoms with van der Waals surface area (Å²) in [5.41, 5.74) is 6.29. The lowest BCUT2D eigenvalue weighted by molar-refractivity contribution is 0.328. The fraction of sp³-hybridized carbons (Fsp3) is 0.280. The van der Waals surface area contributed by atoms with E-state index in [-0.39, 0.29) is 5.66 Å². The van der Waals surface area contributed by atoms with Crippen LogP contribution in [0.2, 0.25) is 5.02 Å². The Morgan fingerprint density at radius 3 is 2.53 bits per heavy atom. The quantitative estimate of drug-likeness (QED) is 0.396. The lowest BCUT2D eigenvalue weighted by atomic mass is 9.92. The predicted octanol–water partition coefficient (Wildman–Crippen LogP) is 5.79. The van der Waals surface area contributed by atoms with Crippen LogP contribution in [0.4, 0.5) is 5.82 Å². The number of rotatable bonds is 2. The number of hydrogen-bond donors (Lipinski definition) is 2. The zero-order valence-corrected chi connectivity index (χ0v) is 19.4. The highest BCUT2D eigenvalue weighted by atomic mass is 35.5. The smallest absolute Gasteiger partial charge is 0.166 e. The zero-order chi connectivity index (χ0) is 21.7. The molecule has 32 heavy (non-hydrogen) atoms. The summed E-state index contributed by atoms with van der Waals surface area (Å²) in [5.74, 6) is 3.27. The third-order valence-corrected chi connectivity index (χ3v) is 7.77. The largest absolute Gasteiger partial charge is 0.352 e. The third kappa shape index (κ3) is 3.29. The number of hydrogen-bond acceptors (Lipinski definition) is 5. The van der Waals surface area contributed by atoms with Crippen molar-refractivity contribution >= 4 is 40.2 Å². The molecule has 2 N–H and O–H groups in total. The van der Waals surface area contributed by atoms with Crippen LogP contribution in [0, 0.1) is 6.92 Å². The maximum Gasteiger partial charge on any atom is 0.166 e. The number of para-hydroxylation sites is 1. The van der Waals surface area contributed by atoms with E-state index >= 15 is 0 Å². The van der Waals surface area contributed by atoms with Crippen LogP contribution < -0.4 is 10.6 Å². The van der Waals surface area contributed by atoms with Crippen LogP contribution >= 0.6 is 23.4 Å². The van der Waals surface area contributed by atoms with Gasteiger partial charge in [-0.3, -0.25) is 5.32 Å². The molecule has 0 saturated carbocycles. The molecular weight excluding hydrogens is 438 g/mol. The van der Waals surface area contributed by atoms with Crippen LogP contribution in [0.25, 0.3) is 27.8 Å². The van der Waals surface area contributed by atoms with E-state index in [1.54, 1.807) is 0 Å². The number of halogens is 1. The van der Waals surface area contributed by atoms with E-state index in [2.05, 4.69) is 41.8 Å². The Labute approximate surface area is 196 Å². The molecule has 0 atom stereocenters. The average Bonchev–Trinajstić information content (AvgIpc) is 3.15. The summed E-state index contributed by atoms with van der Waals surface area (Å²) in [6.45, 7) is 2.85. The van der Waals surface area contributed by atoms with Gasteiger partial charge in [-0.1, -0.05) is 41.9 Å². The number of aromatic nitrogens is 3. The normalized spacial score (nSPS) is 17.3. The second-order valence-corrected chi connectivity index (χ2v) is 10.2. The van der Waals surface area contributed by atoms with Gasteiger partial charge in [-0.05, 0) is 61.1 Å². The number of nitrogens with zero attached hydrogens (tertiary/aromatic N) is 3. The number of aryl methyl sites for hydroxylation is 1. The standard InChI is InChI=1S/C25H24ClN5S/c1-16-21-22(17-7-9-18(26)10-8-17)20-15-27-25(11-13-32-14-12-25)29-23(20)28-24(21)31(30-16)19-5-3-2-4-6-19/h2-10,27H,11-15H2,1H3,(H,28,29). The Kier molecular flexibility index (Phi) is 4.90. The van der Waals surface area contributed by atoms with Crippen molar-refractivity contribution in [2.45, 2.75) is 32.0 Å². The Morgan fingerprint density at radius 1 is 1.03 bits per heavy atom. The number of anilines is 1. The van der Waals surface area contributed by atoms with Crippen molar-refractivity contribution in [3.8, 4) is 16.8 Å². The van der Waals surface area contributed by atoms with E-state index in [0.29, 0.717) is 0 Å². The first-order chi connectivity index (χ1) is 15.6. The molecule has 4 heterocycles. The van der Waals surface area contributed by atoms with E-state index in [0.717, 1.165) is 69.7 Å². The van der Waals surface area contributed by atoms with Gasteiger partial charge in [0.05, 0.1) is 22.4 Å². The Bertz CT molecular complexity index is 1290. The molecule has 4 aromatic rings. The van der Waals surface area contributed by atoms with Crippen molar-refractivity contribution in [3.63, 3.8) is 0 Å². The highest BCUT2D eigenvalue weighted by Gasteiger charge is 2.37. The monoisotopic (exact) mass is 461 g/mol. The molecule has 0 aliphatic carbocycles. The van der Waals surface area contributed by atoms with Crippen LogP contribution in [0.3, 0.4) is 0 Å². The second kappa shape index (κ2) is 7.80. The molecule has 0 amide bonds. The molecule has 6 rings (SSSR count). The summed E-state index contributed by atoms with van der Waals surface area (Å²) < 4.78 is 1.97. The SMILES string of the molecule is Cc1nn(-c2ccccc2)c2nc3c(c(-c4ccc(Cl)cc4)c12)CNC1(CCSCC1)N3. The molecule has 1 saturated heterocycles. The molecule has 2 aliphatic rings. The molecule has 0 radical (unpaired) electrons. The van der Waals surface area contributed by atoms with Crippen molar-refractivity contribution in [1.29, 1.82) is 0 Å². The first kappa shape index (κ1) is 20.1. The lowest BCUT2D eigenvalue weighted by Gasteiger charge is -2.43. The van der Waals surface area contributed by atoms with Crippen molar-refractivity contribution in [1.82, 2.24) is 20.1 Å². The summed E-state index contributed by atoms with van der Waals surface area (Å²) in [7, 11) is 0. The van der Waals surface area contributed by atoms with E-state index in [1.165, 1.54) is 11.1 Å². The van der Waals surface area contributed by atoms with Gasteiger partial charge >= 0.3 is 0 Å². The van der Waals surface area contributed by atoms with Gasteiger partial charge in [0.2, 0.25) is 0 Å². The summed E-state index contributed by atoms with van der Waals surface area (Å²) in [6, 6.07) is 18.3. The molecule has 0 unspecified atom stereocenters. The van der Waals surface area contributed by atoms with Crippen LogP contribution in [0.5, 0.6) is 0 Å². The van der Waals surface area contributed by atoms with Gasteiger partial charge in [-0.2, -0.15) is 16.9 Å². The van der Waals surface area contributed by atoms with Gasteiger partial charge in [0.15, 0.2) is 5.65 Å². The van der Waals surface area contributed by atoms with Crippen LogP contribution in [0.15, 0.2) is 54.6 Å². The summed E-state index contributed by atoms with van der Waals surface area (Å²) in [6.07, 6.45) is 2.17. The molecule has 162 valence electrons. The van der Waals surface area contributed by atoms with Gasteiger partial charge in [0.25, 0.3) is 0 Å². The number of nitrogens with one attached hydrogen (secondary N) is 2. The van der Waals surface area contributed by atoms with Gasteiger partial charge in [-0.15, -0.1) is 0 Å². The van der Waals surface area contributed by atoms with E-state index in [4.69, 9.17) is 21.7 Å². The minimum Gasteiger partial charge on any atom is -0.352 e. The summed E-state index contributed by atoms with van der Waals surface area (Å²) in [4.78, 5) is 5.18. The molecule has 2 aromatic carbocycles. The number of fused-ring (bicyclic) bond motifs is 2. The first-order valence-corrected chi connectivity index (χ1v) is 12.5. The van der Waals surface area contributed by atoms with Crippen molar-refractivity contribution in [3.05, 3.63) is 70.9 Å². The average molecular weight is 462 g/mol. The van der Waals surface area contributed by atoms with E-state index < -0.39 is 0 Å². The Morgan fingerprint density at radius 2 is 1.78 bits per heavy atom. The molecule has 2 aliphatic heterocycles. The molecule has 1 spiro atoms. The third-order valence-electron chi connectivity index (χ3n) is 6.53. The zero-order valence-electron chi connectivity index (χ0n) is 17.9. The molecule has 1 fully saturated rings. The summed E-state index contributed by atoms with van der Waals surface area (Å²) >= 11 is 8.24. The highest BCUT2D eigenvalue weighted by Crippen LogP contribution is 2.42. The maximum absolute atomic E-state index is 6.22. The number of benzene rings is 2. The first-order valence-electron chi connectivity index (χ1n) is 11.0. The van der Waals surface area contributed by atoms with Gasteiger partial charge in [0, 0.05) is 22.7 Å². The minimum atomic E-state index is -0.0805. The lowest BCUT2D eigenvalue weighted by Crippen LogP contribution is -2.56. The highest BCUT2D eigenvalue weighted by molar-refractivity contribution is 7.99. The van der Waals surface area contributed by atoms with Crippen LogP contribution in [-0.4, -0.2) is 31.9 Å². The summed E-state index contributed by atoms with van der Waals surface area (Å²) in [5, 5.41) is 14.4. The Hall–Kier alpha value is -2.54. The van der Waals surface area contributed by atoms with Crippen molar-refractivity contribution in [2.24, 2.45) is 0 Å². The van der Waals surface area contributed by atoms with E-state index in [9.17, 15) is 0 Å². The topological polar surface area (TPSA) is 54.8 Å². The molecule has 2 aromatic heterocycles. The van der Waals surface area contributed by atoms with Crippen LogP contribution in [0.1, 0.15) is 24.1 Å². The van der Waals surface area contributed by atoms with Gasteiger partial charge in [0.1, 0.15) is 5.82 Å². The number of thioether (sulfide) groups is 1. The predicted molar refractivity (Wildman–Crippen MR) is 134 cm³/mol. The minimum absolute atomic E-state index is 0.0805. The molecular formula is C25H24ClN5S. The van der Waals surface area contributed by atoms with Crippen LogP contribution in [-0.2, 0) is 6.54 Å². The number of pyridine rings is 1. The van der Waals surface area contributed by atoms with E-state index in [1.807, 2.05) is 46.8 Å². The molecule has 5 nitrogen and oxygen atoms in total.